The molecule has 1 aromatic rings. The number of carbonyl (C=O) groups excluding carboxylic acids is 2. The van der Waals surface area contributed by atoms with Gasteiger partial charge in [-0.1, -0.05) is 70.2 Å². The van der Waals surface area contributed by atoms with Crippen molar-refractivity contribution in [2.45, 2.75) is 79.3 Å². The summed E-state index contributed by atoms with van der Waals surface area (Å²) in [5.74, 6) is -1.91. The minimum absolute atomic E-state index is 0.247. The van der Waals surface area contributed by atoms with E-state index < -0.39 is 36.5 Å². The monoisotopic (exact) mass is 476 g/mol. The molecule has 2 atom stereocenters. The Morgan fingerprint density at radius 3 is 2.15 bits per heavy atom. The Balaban J connectivity index is 0. The normalized spacial score (nSPS) is 11.7. The summed E-state index contributed by atoms with van der Waals surface area (Å²) in [6.07, 6.45) is 7.52. The molecule has 0 saturated carbocycles. The van der Waals surface area contributed by atoms with Crippen LogP contribution < -0.4 is 5.32 Å². The summed E-state index contributed by atoms with van der Waals surface area (Å²) >= 11 is 0. The average molecular weight is 477 g/mol. The number of carboxylic acids is 1. The smallest absolute Gasteiger partial charge is 0.323 e. The molecular weight excluding hydrogens is 432 g/mol. The van der Waals surface area contributed by atoms with Crippen LogP contribution in [0.15, 0.2) is 55.3 Å². The van der Waals surface area contributed by atoms with Gasteiger partial charge in [0.2, 0.25) is 5.91 Å². The maximum absolute atomic E-state index is 12.8. The molecule has 0 spiro atoms. The first kappa shape index (κ1) is 33.2. The Morgan fingerprint density at radius 2 is 1.71 bits per heavy atom. The summed E-state index contributed by atoms with van der Waals surface area (Å²) in [7, 11) is 0. The molecule has 192 valence electrons. The van der Waals surface area contributed by atoms with Crippen molar-refractivity contribution < 1.29 is 24.2 Å². The number of amides is 1. The number of aryl methyl sites for hydroxylation is 1. The summed E-state index contributed by atoms with van der Waals surface area (Å²) in [6.45, 7) is 14.6. The number of nitrogens with one attached hydrogen (secondary N) is 1. The fourth-order valence-corrected chi connectivity index (χ4v) is 2.80. The molecule has 1 rings (SSSR count). The van der Waals surface area contributed by atoms with Gasteiger partial charge in [0.05, 0.1) is 12.6 Å². The van der Waals surface area contributed by atoms with Crippen molar-refractivity contribution in [3.63, 3.8) is 0 Å². The third kappa shape index (κ3) is 15.0. The predicted octanol–water partition coefficient (Wildman–Crippen LogP) is 4.97. The van der Waals surface area contributed by atoms with Crippen molar-refractivity contribution in [3.8, 4) is 0 Å². The molecule has 7 nitrogen and oxygen atoms in total. The number of esters is 1. The van der Waals surface area contributed by atoms with Gasteiger partial charge in [-0.05, 0) is 45.1 Å². The SMILES string of the molecule is C/C=C/N(CC(=O)O)C(=O)[C@H](CC)N[C@@H](CCc1ccccc1)C(=O)OCC.C=CCC.CC. The number of aliphatic carboxylic acids is 1. The minimum atomic E-state index is -1.10. The number of hydrogen-bond acceptors (Lipinski definition) is 5. The molecule has 0 radical (unpaired) electrons. The van der Waals surface area contributed by atoms with Crippen LogP contribution in [0.25, 0.3) is 0 Å². The zero-order chi connectivity index (χ0) is 26.4. The molecule has 34 heavy (non-hydrogen) atoms. The van der Waals surface area contributed by atoms with Gasteiger partial charge >= 0.3 is 11.9 Å². The van der Waals surface area contributed by atoms with E-state index >= 15 is 0 Å². The van der Waals surface area contributed by atoms with Gasteiger partial charge in [-0.2, -0.15) is 0 Å². The van der Waals surface area contributed by atoms with E-state index in [9.17, 15) is 14.4 Å². The second kappa shape index (κ2) is 21.9. The summed E-state index contributed by atoms with van der Waals surface area (Å²) in [4.78, 5) is 37.4. The van der Waals surface area contributed by atoms with Gasteiger partial charge in [-0.25, -0.2) is 0 Å². The second-order valence-electron chi connectivity index (χ2n) is 7.00. The quantitative estimate of drug-likeness (QED) is 0.308. The van der Waals surface area contributed by atoms with Crippen molar-refractivity contribution in [1.82, 2.24) is 10.2 Å². The van der Waals surface area contributed by atoms with Crippen LogP contribution in [-0.2, 0) is 25.5 Å². The van der Waals surface area contributed by atoms with Crippen LogP contribution in [0.3, 0.4) is 0 Å². The van der Waals surface area contributed by atoms with Gasteiger partial charge in [0.25, 0.3) is 0 Å². The van der Waals surface area contributed by atoms with Crippen LogP contribution in [0.2, 0.25) is 0 Å². The maximum Gasteiger partial charge on any atom is 0.323 e. The lowest BCUT2D eigenvalue weighted by molar-refractivity contribution is -0.147. The van der Waals surface area contributed by atoms with Crippen LogP contribution in [0, 0.1) is 0 Å². The molecule has 0 heterocycles. The van der Waals surface area contributed by atoms with Gasteiger partial charge in [-0.3, -0.25) is 19.7 Å². The van der Waals surface area contributed by atoms with Gasteiger partial charge in [0.15, 0.2) is 0 Å². The number of benzene rings is 1. The molecule has 0 aromatic heterocycles. The van der Waals surface area contributed by atoms with Crippen molar-refractivity contribution in [1.29, 1.82) is 0 Å². The predicted molar refractivity (Wildman–Crippen MR) is 138 cm³/mol. The lowest BCUT2D eigenvalue weighted by Gasteiger charge is -2.27. The summed E-state index contributed by atoms with van der Waals surface area (Å²) in [5, 5.41) is 12.1. The first-order valence-electron chi connectivity index (χ1n) is 12.1. The molecule has 0 unspecified atom stereocenters. The van der Waals surface area contributed by atoms with E-state index in [4.69, 9.17) is 9.84 Å². The Kier molecular flexibility index (Phi) is 21.4. The molecule has 0 aliphatic rings. The molecule has 0 aliphatic heterocycles. The van der Waals surface area contributed by atoms with Crippen LogP contribution in [0.5, 0.6) is 0 Å². The maximum atomic E-state index is 12.8. The van der Waals surface area contributed by atoms with E-state index in [-0.39, 0.29) is 6.61 Å². The average Bonchev–Trinajstić information content (AvgIpc) is 2.85. The summed E-state index contributed by atoms with van der Waals surface area (Å²) in [6, 6.07) is 8.39. The van der Waals surface area contributed by atoms with Crippen molar-refractivity contribution in [2.24, 2.45) is 0 Å². The molecule has 0 aliphatic carbocycles. The third-order valence-electron chi connectivity index (χ3n) is 4.45. The Bertz CT molecular complexity index is 719. The number of nitrogens with zero attached hydrogens (tertiary/aromatic N) is 1. The highest BCUT2D eigenvalue weighted by Crippen LogP contribution is 2.10. The number of allylic oxidation sites excluding steroid dienone is 2. The highest BCUT2D eigenvalue weighted by atomic mass is 16.5. The molecule has 7 heteroatoms. The molecule has 0 fully saturated rings. The van der Waals surface area contributed by atoms with E-state index in [1.54, 1.807) is 19.9 Å². The third-order valence-corrected chi connectivity index (χ3v) is 4.45. The summed E-state index contributed by atoms with van der Waals surface area (Å²) < 4.78 is 5.16. The van der Waals surface area contributed by atoms with E-state index in [0.29, 0.717) is 19.3 Å². The number of hydrogen-bond donors (Lipinski definition) is 2. The topological polar surface area (TPSA) is 95.9 Å². The fraction of sp³-hybridized carbons (Fsp3) is 0.519. The van der Waals surface area contributed by atoms with Crippen LogP contribution >= 0.6 is 0 Å². The van der Waals surface area contributed by atoms with E-state index in [1.165, 1.54) is 6.20 Å². The number of rotatable bonds is 13. The van der Waals surface area contributed by atoms with Crippen LogP contribution in [0.1, 0.15) is 66.4 Å². The Labute approximate surface area is 205 Å². The van der Waals surface area contributed by atoms with Gasteiger partial charge < -0.3 is 14.7 Å². The highest BCUT2D eigenvalue weighted by molar-refractivity contribution is 5.87. The number of carboxylic acid groups (broad SMARTS) is 1. The molecule has 1 amide bonds. The molecule has 0 bridgehead atoms. The lowest BCUT2D eigenvalue weighted by Crippen LogP contribution is -2.52. The van der Waals surface area contributed by atoms with Crippen molar-refractivity contribution in [2.75, 3.05) is 13.2 Å². The first-order chi connectivity index (χ1) is 16.3. The Hall–Kier alpha value is -2.93. The second-order valence-corrected chi connectivity index (χ2v) is 7.00. The van der Waals surface area contributed by atoms with E-state index in [0.717, 1.165) is 16.9 Å². The fourth-order valence-electron chi connectivity index (χ4n) is 2.80. The molecular formula is C27H44N2O5. The van der Waals surface area contributed by atoms with Crippen molar-refractivity contribution in [3.05, 3.63) is 60.8 Å². The lowest BCUT2D eigenvalue weighted by atomic mass is 10.0. The van der Waals surface area contributed by atoms with Gasteiger partial charge in [-0.15, -0.1) is 6.58 Å². The van der Waals surface area contributed by atoms with Gasteiger partial charge in [0, 0.05) is 6.20 Å². The highest BCUT2D eigenvalue weighted by Gasteiger charge is 2.29. The molecule has 2 N–H and O–H groups in total. The number of carbonyl (C=O) groups is 3. The van der Waals surface area contributed by atoms with Crippen molar-refractivity contribution >= 4 is 17.8 Å². The van der Waals surface area contributed by atoms with Crippen LogP contribution in [-0.4, -0.2) is 53.1 Å². The summed E-state index contributed by atoms with van der Waals surface area (Å²) in [5.41, 5.74) is 1.08. The van der Waals surface area contributed by atoms with E-state index in [2.05, 4.69) is 18.8 Å². The number of ether oxygens (including phenoxy) is 1. The van der Waals surface area contributed by atoms with Crippen LogP contribution in [0.4, 0.5) is 0 Å². The zero-order valence-corrected chi connectivity index (χ0v) is 21.8. The Morgan fingerprint density at radius 1 is 1.12 bits per heavy atom. The van der Waals surface area contributed by atoms with E-state index in [1.807, 2.05) is 57.2 Å². The molecule has 0 saturated heterocycles. The zero-order valence-electron chi connectivity index (χ0n) is 21.8. The first-order valence-corrected chi connectivity index (χ1v) is 12.1. The molecule has 1 aromatic carbocycles. The standard InChI is InChI=1S/C21H30N2O5.C4H8.C2H6/c1-4-14-23(15-19(24)25)20(26)17(5-2)22-18(21(27)28-6-3)13-12-16-10-8-7-9-11-16;1-3-4-2;1-2/h4,7-11,14,17-18,22H,5-6,12-13,15H2,1-3H3,(H,24,25);3H,1,4H2,2H3;1-2H3/b14-4+;;/t17-,18-;;/m0../s1. The minimum Gasteiger partial charge on any atom is -0.480 e. The van der Waals surface area contributed by atoms with Gasteiger partial charge in [0.1, 0.15) is 12.6 Å². The largest absolute Gasteiger partial charge is 0.480 e.